The molecule has 0 heterocycles. The van der Waals surface area contributed by atoms with Gasteiger partial charge in [0, 0.05) is 6.04 Å². The van der Waals surface area contributed by atoms with Crippen molar-refractivity contribution >= 4 is 0 Å². The van der Waals surface area contributed by atoms with Gasteiger partial charge in [-0.1, -0.05) is 37.3 Å². The zero-order valence-electron chi connectivity index (χ0n) is 10.9. The summed E-state index contributed by atoms with van der Waals surface area (Å²) < 4.78 is 0. The quantitative estimate of drug-likeness (QED) is 0.675. The largest absolute Gasteiger partial charge is 0.301 e. The number of nitrogens with zero attached hydrogens (tertiary/aromatic N) is 1. The fraction of sp³-hybridized carbons (Fsp3) is 0.600. The van der Waals surface area contributed by atoms with Crippen LogP contribution in [0.3, 0.4) is 0 Å². The predicted molar refractivity (Wildman–Crippen MR) is 71.8 cm³/mol. The Balaban J connectivity index is 2.28. The highest BCUT2D eigenvalue weighted by molar-refractivity contribution is 5.14. The molecule has 0 fully saturated rings. The maximum absolute atomic E-state index is 2.57. The van der Waals surface area contributed by atoms with Crippen LogP contribution in [-0.4, -0.2) is 24.0 Å². The van der Waals surface area contributed by atoms with Gasteiger partial charge in [0.05, 0.1) is 0 Å². The lowest BCUT2D eigenvalue weighted by atomic mass is 10.1. The molecule has 1 nitrogen and oxygen atoms in total. The van der Waals surface area contributed by atoms with E-state index in [2.05, 4.69) is 56.0 Å². The molecule has 0 radical (unpaired) electrons. The van der Waals surface area contributed by atoms with Gasteiger partial charge in [0.25, 0.3) is 0 Å². The van der Waals surface area contributed by atoms with Gasteiger partial charge >= 0.3 is 0 Å². The molecule has 0 saturated heterocycles. The van der Waals surface area contributed by atoms with Gasteiger partial charge in [-0.2, -0.15) is 0 Å². The topological polar surface area (TPSA) is 3.24 Å². The molecule has 0 atom stereocenters. The van der Waals surface area contributed by atoms with Gasteiger partial charge < -0.3 is 4.90 Å². The Kier molecular flexibility index (Phi) is 6.17. The molecule has 0 saturated carbocycles. The summed E-state index contributed by atoms with van der Waals surface area (Å²) in [7, 11) is 0. The van der Waals surface area contributed by atoms with Crippen molar-refractivity contribution in [2.45, 2.75) is 46.1 Å². The molecule has 16 heavy (non-hydrogen) atoms. The van der Waals surface area contributed by atoms with E-state index in [1.54, 1.807) is 0 Å². The maximum Gasteiger partial charge on any atom is 0.00385 e. The van der Waals surface area contributed by atoms with Gasteiger partial charge in [0.1, 0.15) is 0 Å². The van der Waals surface area contributed by atoms with Crippen LogP contribution in [0, 0.1) is 0 Å². The summed E-state index contributed by atoms with van der Waals surface area (Å²) in [6, 6.07) is 11.5. The van der Waals surface area contributed by atoms with Crippen molar-refractivity contribution in [3.63, 3.8) is 0 Å². The van der Waals surface area contributed by atoms with E-state index < -0.39 is 0 Å². The van der Waals surface area contributed by atoms with Crippen LogP contribution in [0.5, 0.6) is 0 Å². The van der Waals surface area contributed by atoms with Crippen LogP contribution in [0.25, 0.3) is 0 Å². The first-order valence-corrected chi connectivity index (χ1v) is 6.52. The smallest absolute Gasteiger partial charge is 0.00385 e. The second kappa shape index (κ2) is 7.45. The lowest BCUT2D eigenvalue weighted by Gasteiger charge is -2.25. The summed E-state index contributed by atoms with van der Waals surface area (Å²) in [4.78, 5) is 2.57. The van der Waals surface area contributed by atoms with E-state index in [1.165, 1.54) is 37.9 Å². The van der Waals surface area contributed by atoms with E-state index in [9.17, 15) is 0 Å². The maximum atomic E-state index is 2.57. The Hall–Kier alpha value is -0.820. The molecule has 0 aliphatic rings. The highest BCUT2D eigenvalue weighted by Gasteiger charge is 2.07. The lowest BCUT2D eigenvalue weighted by molar-refractivity contribution is 0.219. The summed E-state index contributed by atoms with van der Waals surface area (Å²) >= 11 is 0. The summed E-state index contributed by atoms with van der Waals surface area (Å²) in [5.41, 5.74) is 1.46. The van der Waals surface area contributed by atoms with E-state index in [1.807, 2.05) is 0 Å². The van der Waals surface area contributed by atoms with Crippen molar-refractivity contribution in [3.05, 3.63) is 35.9 Å². The Morgan fingerprint density at radius 2 is 1.75 bits per heavy atom. The summed E-state index contributed by atoms with van der Waals surface area (Å²) in [6.45, 7) is 9.29. The standard InChI is InChI=1S/C15H25N/c1-4-12-16(14(2)3)13-8-11-15-9-6-5-7-10-15/h5-7,9-10,14H,4,8,11-13H2,1-3H3. The minimum atomic E-state index is 0.677. The average molecular weight is 219 g/mol. The molecule has 90 valence electrons. The first kappa shape index (κ1) is 13.2. The molecular formula is C15H25N. The minimum Gasteiger partial charge on any atom is -0.301 e. The average Bonchev–Trinajstić information content (AvgIpc) is 2.29. The first-order chi connectivity index (χ1) is 7.74. The van der Waals surface area contributed by atoms with Crippen LogP contribution in [-0.2, 0) is 6.42 Å². The molecule has 0 aliphatic carbocycles. The molecule has 0 aliphatic heterocycles. The van der Waals surface area contributed by atoms with Gasteiger partial charge in [-0.25, -0.2) is 0 Å². The van der Waals surface area contributed by atoms with Crippen LogP contribution < -0.4 is 0 Å². The Labute approximate surface area is 100 Å². The molecule has 1 aromatic carbocycles. The van der Waals surface area contributed by atoms with Crippen molar-refractivity contribution < 1.29 is 0 Å². The molecule has 1 heteroatoms. The molecular weight excluding hydrogens is 194 g/mol. The summed E-state index contributed by atoms with van der Waals surface area (Å²) in [6.07, 6.45) is 3.72. The Bertz CT molecular complexity index is 266. The summed E-state index contributed by atoms with van der Waals surface area (Å²) in [5.74, 6) is 0. The van der Waals surface area contributed by atoms with Crippen molar-refractivity contribution in [1.29, 1.82) is 0 Å². The number of hydrogen-bond acceptors (Lipinski definition) is 1. The molecule has 0 N–H and O–H groups in total. The van der Waals surface area contributed by atoms with Crippen molar-refractivity contribution in [1.82, 2.24) is 4.90 Å². The van der Waals surface area contributed by atoms with Crippen LogP contribution in [0.1, 0.15) is 39.2 Å². The van der Waals surface area contributed by atoms with Gasteiger partial charge in [-0.3, -0.25) is 0 Å². The van der Waals surface area contributed by atoms with Crippen molar-refractivity contribution in [3.8, 4) is 0 Å². The van der Waals surface area contributed by atoms with E-state index in [0.29, 0.717) is 6.04 Å². The first-order valence-electron chi connectivity index (χ1n) is 6.52. The highest BCUT2D eigenvalue weighted by atomic mass is 15.1. The van der Waals surface area contributed by atoms with Crippen molar-refractivity contribution in [2.24, 2.45) is 0 Å². The fourth-order valence-electron chi connectivity index (χ4n) is 2.05. The van der Waals surface area contributed by atoms with Gasteiger partial charge in [0.15, 0.2) is 0 Å². The normalized spacial score (nSPS) is 11.3. The third-order valence-corrected chi connectivity index (χ3v) is 2.99. The third kappa shape index (κ3) is 4.80. The van der Waals surface area contributed by atoms with E-state index in [4.69, 9.17) is 0 Å². The van der Waals surface area contributed by atoms with E-state index in [-0.39, 0.29) is 0 Å². The zero-order chi connectivity index (χ0) is 11.8. The number of rotatable bonds is 7. The molecule has 1 aromatic rings. The third-order valence-electron chi connectivity index (χ3n) is 2.99. The Morgan fingerprint density at radius 1 is 1.06 bits per heavy atom. The zero-order valence-corrected chi connectivity index (χ0v) is 10.9. The van der Waals surface area contributed by atoms with Gasteiger partial charge in [-0.15, -0.1) is 0 Å². The second-order valence-corrected chi connectivity index (χ2v) is 4.72. The number of benzene rings is 1. The van der Waals surface area contributed by atoms with Gasteiger partial charge in [-0.05, 0) is 51.8 Å². The van der Waals surface area contributed by atoms with Crippen LogP contribution in [0.4, 0.5) is 0 Å². The van der Waals surface area contributed by atoms with Crippen molar-refractivity contribution in [2.75, 3.05) is 13.1 Å². The second-order valence-electron chi connectivity index (χ2n) is 4.72. The molecule has 1 rings (SSSR count). The van der Waals surface area contributed by atoms with Crippen LogP contribution in [0.2, 0.25) is 0 Å². The van der Waals surface area contributed by atoms with Crippen LogP contribution >= 0.6 is 0 Å². The molecule has 0 bridgehead atoms. The molecule has 0 unspecified atom stereocenters. The van der Waals surface area contributed by atoms with Gasteiger partial charge in [0.2, 0.25) is 0 Å². The number of aryl methyl sites for hydroxylation is 1. The minimum absolute atomic E-state index is 0.677. The SMILES string of the molecule is CCCN(CCCc1ccccc1)C(C)C. The predicted octanol–water partition coefficient (Wildman–Crippen LogP) is 3.74. The van der Waals surface area contributed by atoms with E-state index >= 15 is 0 Å². The molecule has 0 aromatic heterocycles. The fourth-order valence-corrected chi connectivity index (χ4v) is 2.05. The van der Waals surface area contributed by atoms with E-state index in [0.717, 1.165) is 0 Å². The summed E-state index contributed by atoms with van der Waals surface area (Å²) in [5, 5.41) is 0. The Morgan fingerprint density at radius 3 is 2.31 bits per heavy atom. The van der Waals surface area contributed by atoms with Crippen LogP contribution in [0.15, 0.2) is 30.3 Å². The highest BCUT2D eigenvalue weighted by Crippen LogP contribution is 2.06. The molecule has 0 spiro atoms. The number of hydrogen-bond donors (Lipinski definition) is 0. The lowest BCUT2D eigenvalue weighted by Crippen LogP contribution is -2.32. The molecule has 0 amide bonds. The monoisotopic (exact) mass is 219 g/mol.